The fraction of sp³-hybridized carbons (Fsp3) is 0.625. The molecule has 1 aliphatic heterocycles. The largest absolute Gasteiger partial charge is 0.493 e. The Bertz CT molecular complexity index is 420. The molecule has 19 heavy (non-hydrogen) atoms. The van der Waals surface area contributed by atoms with Crippen molar-refractivity contribution in [2.24, 2.45) is 0 Å². The van der Waals surface area contributed by atoms with Gasteiger partial charge in [-0.3, -0.25) is 0 Å². The van der Waals surface area contributed by atoms with Crippen LogP contribution in [-0.2, 0) is 17.6 Å². The first-order chi connectivity index (χ1) is 8.94. The first kappa shape index (κ1) is 14.4. The highest BCUT2D eigenvalue weighted by atomic mass is 16.5. The Morgan fingerprint density at radius 1 is 1.37 bits per heavy atom. The van der Waals surface area contributed by atoms with Crippen molar-refractivity contribution in [2.45, 2.75) is 51.7 Å². The van der Waals surface area contributed by atoms with Crippen molar-refractivity contribution in [3.05, 3.63) is 29.3 Å². The highest BCUT2D eigenvalue weighted by Crippen LogP contribution is 2.26. The SMILES string of the molecule is CC(C)(C)OCC(O)CCc1ccc2c(c1)CCO2. The summed E-state index contributed by atoms with van der Waals surface area (Å²) in [5, 5.41) is 9.92. The van der Waals surface area contributed by atoms with Crippen LogP contribution < -0.4 is 4.74 Å². The Kier molecular flexibility index (Phi) is 4.48. The maximum absolute atomic E-state index is 9.92. The zero-order valence-electron chi connectivity index (χ0n) is 12.1. The summed E-state index contributed by atoms with van der Waals surface area (Å²) < 4.78 is 11.1. The summed E-state index contributed by atoms with van der Waals surface area (Å²) in [6.45, 7) is 7.19. The van der Waals surface area contributed by atoms with Gasteiger partial charge < -0.3 is 14.6 Å². The normalized spacial score (nSPS) is 16.0. The van der Waals surface area contributed by atoms with Gasteiger partial charge in [0.05, 0.1) is 24.9 Å². The van der Waals surface area contributed by atoms with Crippen LogP contribution in [0.3, 0.4) is 0 Å². The molecule has 1 heterocycles. The third-order valence-corrected chi connectivity index (χ3v) is 3.23. The van der Waals surface area contributed by atoms with Crippen molar-refractivity contribution in [2.75, 3.05) is 13.2 Å². The Labute approximate surface area is 115 Å². The summed E-state index contributed by atoms with van der Waals surface area (Å²) in [6, 6.07) is 6.32. The van der Waals surface area contributed by atoms with Gasteiger partial charge in [0, 0.05) is 6.42 Å². The topological polar surface area (TPSA) is 38.7 Å². The highest BCUT2D eigenvalue weighted by Gasteiger charge is 2.15. The molecule has 0 aromatic heterocycles. The average Bonchev–Trinajstić information content (AvgIpc) is 2.80. The van der Waals surface area contributed by atoms with Gasteiger partial charge in [0.2, 0.25) is 0 Å². The van der Waals surface area contributed by atoms with Gasteiger partial charge in [0.15, 0.2) is 0 Å². The van der Waals surface area contributed by atoms with Gasteiger partial charge in [0.25, 0.3) is 0 Å². The average molecular weight is 264 g/mol. The van der Waals surface area contributed by atoms with Gasteiger partial charge in [-0.25, -0.2) is 0 Å². The van der Waals surface area contributed by atoms with Crippen LogP contribution in [0.2, 0.25) is 0 Å². The first-order valence-corrected chi connectivity index (χ1v) is 7.01. The van der Waals surface area contributed by atoms with Crippen LogP contribution in [0.4, 0.5) is 0 Å². The zero-order chi connectivity index (χ0) is 13.9. The Hall–Kier alpha value is -1.06. The number of hydrogen-bond donors (Lipinski definition) is 1. The summed E-state index contributed by atoms with van der Waals surface area (Å²) >= 11 is 0. The van der Waals surface area contributed by atoms with Gasteiger partial charge in [-0.2, -0.15) is 0 Å². The van der Waals surface area contributed by atoms with Crippen molar-refractivity contribution in [1.29, 1.82) is 0 Å². The highest BCUT2D eigenvalue weighted by molar-refractivity contribution is 5.39. The van der Waals surface area contributed by atoms with Crippen molar-refractivity contribution in [3.8, 4) is 5.75 Å². The van der Waals surface area contributed by atoms with Crippen LogP contribution in [0.1, 0.15) is 38.3 Å². The number of aliphatic hydroxyl groups excluding tert-OH is 1. The minimum Gasteiger partial charge on any atom is -0.493 e. The van der Waals surface area contributed by atoms with E-state index >= 15 is 0 Å². The molecule has 2 rings (SSSR count). The predicted molar refractivity (Wildman–Crippen MR) is 75.7 cm³/mol. The summed E-state index contributed by atoms with van der Waals surface area (Å²) in [6.07, 6.45) is 2.21. The van der Waals surface area contributed by atoms with Crippen molar-refractivity contribution in [3.63, 3.8) is 0 Å². The van der Waals surface area contributed by atoms with Gasteiger partial charge in [-0.05, 0) is 50.8 Å². The molecule has 0 radical (unpaired) electrons. The molecule has 0 aliphatic carbocycles. The second-order valence-electron chi connectivity index (χ2n) is 6.16. The lowest BCUT2D eigenvalue weighted by atomic mass is 10.0. The maximum Gasteiger partial charge on any atom is 0.122 e. The molecule has 0 bridgehead atoms. The number of hydrogen-bond acceptors (Lipinski definition) is 3. The van der Waals surface area contributed by atoms with E-state index in [9.17, 15) is 5.11 Å². The number of fused-ring (bicyclic) bond motifs is 1. The first-order valence-electron chi connectivity index (χ1n) is 7.01. The summed E-state index contributed by atoms with van der Waals surface area (Å²) in [5.41, 5.74) is 2.36. The van der Waals surface area contributed by atoms with E-state index in [0.717, 1.165) is 31.6 Å². The smallest absolute Gasteiger partial charge is 0.122 e. The molecule has 1 aromatic carbocycles. The molecule has 0 amide bonds. The minimum atomic E-state index is -0.399. The predicted octanol–water partition coefficient (Wildman–Crippen LogP) is 2.73. The van der Waals surface area contributed by atoms with E-state index in [-0.39, 0.29) is 5.60 Å². The third kappa shape index (κ3) is 4.51. The number of rotatable bonds is 5. The van der Waals surface area contributed by atoms with Crippen LogP contribution >= 0.6 is 0 Å². The molecule has 3 nitrogen and oxygen atoms in total. The molecule has 1 atom stereocenters. The van der Waals surface area contributed by atoms with E-state index in [0.29, 0.717) is 6.61 Å². The Balaban J connectivity index is 1.79. The van der Waals surface area contributed by atoms with Gasteiger partial charge in [-0.1, -0.05) is 12.1 Å². The van der Waals surface area contributed by atoms with E-state index in [1.807, 2.05) is 26.8 Å². The molecule has 106 valence electrons. The van der Waals surface area contributed by atoms with E-state index < -0.39 is 6.10 Å². The summed E-state index contributed by atoms with van der Waals surface area (Å²) in [5.74, 6) is 1.01. The lowest BCUT2D eigenvalue weighted by molar-refractivity contribution is -0.0503. The third-order valence-electron chi connectivity index (χ3n) is 3.23. The number of benzene rings is 1. The lowest BCUT2D eigenvalue weighted by Gasteiger charge is -2.22. The van der Waals surface area contributed by atoms with E-state index in [2.05, 4.69) is 12.1 Å². The molecular formula is C16H24O3. The molecule has 0 saturated heterocycles. The van der Waals surface area contributed by atoms with Crippen molar-refractivity contribution < 1.29 is 14.6 Å². The minimum absolute atomic E-state index is 0.189. The number of ether oxygens (including phenoxy) is 2. The van der Waals surface area contributed by atoms with Crippen LogP contribution in [0.5, 0.6) is 5.75 Å². The molecule has 1 N–H and O–H groups in total. The van der Waals surface area contributed by atoms with E-state index in [1.54, 1.807) is 0 Å². The Morgan fingerprint density at radius 2 is 2.16 bits per heavy atom. The standard InChI is InChI=1S/C16H24O3/c1-16(2,3)19-11-14(17)6-4-12-5-7-15-13(10-12)8-9-18-15/h5,7,10,14,17H,4,6,8-9,11H2,1-3H3. The van der Waals surface area contributed by atoms with Crippen molar-refractivity contribution in [1.82, 2.24) is 0 Å². The molecule has 3 heteroatoms. The van der Waals surface area contributed by atoms with Crippen LogP contribution in [0.25, 0.3) is 0 Å². The summed E-state index contributed by atoms with van der Waals surface area (Å²) in [7, 11) is 0. The maximum atomic E-state index is 9.92. The second-order valence-corrected chi connectivity index (χ2v) is 6.16. The molecule has 1 aromatic rings. The molecule has 0 saturated carbocycles. The summed E-state index contributed by atoms with van der Waals surface area (Å²) in [4.78, 5) is 0. The number of aryl methyl sites for hydroxylation is 1. The van der Waals surface area contributed by atoms with Gasteiger partial charge in [0.1, 0.15) is 5.75 Å². The monoisotopic (exact) mass is 264 g/mol. The molecule has 1 unspecified atom stereocenters. The van der Waals surface area contributed by atoms with E-state index in [1.165, 1.54) is 11.1 Å². The van der Waals surface area contributed by atoms with Gasteiger partial charge >= 0.3 is 0 Å². The van der Waals surface area contributed by atoms with E-state index in [4.69, 9.17) is 9.47 Å². The quantitative estimate of drug-likeness (QED) is 0.888. The molecule has 0 fully saturated rings. The van der Waals surface area contributed by atoms with Crippen molar-refractivity contribution >= 4 is 0 Å². The van der Waals surface area contributed by atoms with Gasteiger partial charge in [-0.15, -0.1) is 0 Å². The molecular weight excluding hydrogens is 240 g/mol. The van der Waals surface area contributed by atoms with Crippen LogP contribution in [0, 0.1) is 0 Å². The second kappa shape index (κ2) is 5.93. The lowest BCUT2D eigenvalue weighted by Crippen LogP contribution is -2.26. The fourth-order valence-corrected chi connectivity index (χ4v) is 2.16. The zero-order valence-corrected chi connectivity index (χ0v) is 12.1. The van der Waals surface area contributed by atoms with Crippen LogP contribution in [0.15, 0.2) is 18.2 Å². The van der Waals surface area contributed by atoms with Crippen LogP contribution in [-0.4, -0.2) is 30.0 Å². The number of aliphatic hydroxyl groups is 1. The fourth-order valence-electron chi connectivity index (χ4n) is 2.16. The molecule has 1 aliphatic rings. The Morgan fingerprint density at radius 3 is 2.89 bits per heavy atom. The molecule has 0 spiro atoms.